The Morgan fingerprint density at radius 2 is 2.24 bits per heavy atom. The van der Waals surface area contributed by atoms with Crippen molar-refractivity contribution in [3.05, 3.63) is 28.2 Å². The molecule has 5 heteroatoms. The van der Waals surface area contributed by atoms with Gasteiger partial charge in [-0.1, -0.05) is 28.9 Å². The van der Waals surface area contributed by atoms with E-state index in [0.29, 0.717) is 0 Å². The number of hydrogen-bond acceptors (Lipinski definition) is 3. The number of anilines is 1. The van der Waals surface area contributed by atoms with Gasteiger partial charge in [0.15, 0.2) is 0 Å². The maximum atomic E-state index is 12.1. The first-order valence-electron chi connectivity index (χ1n) is 7.46. The fourth-order valence-corrected chi connectivity index (χ4v) is 3.24. The zero-order chi connectivity index (χ0) is 15.5. The number of benzene rings is 1. The fraction of sp³-hybridized carbons (Fsp3) is 0.562. The van der Waals surface area contributed by atoms with Crippen LogP contribution in [0.25, 0.3) is 0 Å². The van der Waals surface area contributed by atoms with Crippen LogP contribution in [0, 0.1) is 5.41 Å². The van der Waals surface area contributed by atoms with E-state index in [9.17, 15) is 4.79 Å². The molecule has 1 aliphatic heterocycles. The van der Waals surface area contributed by atoms with E-state index < -0.39 is 0 Å². The Bertz CT molecular complexity index is 520. The second-order valence-corrected chi connectivity index (χ2v) is 6.78. The molecule has 1 atom stereocenters. The van der Waals surface area contributed by atoms with Gasteiger partial charge in [-0.05, 0) is 37.6 Å². The third-order valence-electron chi connectivity index (χ3n) is 4.20. The van der Waals surface area contributed by atoms with Gasteiger partial charge >= 0.3 is 0 Å². The standard InChI is InChI=1S/C16H24BrN3O/c1-4-19-10-12-5-6-13(17)9-14(12)20-8-7-16(2,11-20)15(21)18-3/h5-6,9,19H,4,7-8,10-11H2,1-3H3,(H,18,21). The number of nitrogens with one attached hydrogen (secondary N) is 2. The highest BCUT2D eigenvalue weighted by molar-refractivity contribution is 9.10. The molecule has 0 spiro atoms. The Hall–Kier alpha value is -1.07. The topological polar surface area (TPSA) is 44.4 Å². The lowest BCUT2D eigenvalue weighted by atomic mass is 9.89. The van der Waals surface area contributed by atoms with E-state index in [0.717, 1.165) is 37.1 Å². The molecule has 0 radical (unpaired) electrons. The minimum absolute atomic E-state index is 0.133. The van der Waals surface area contributed by atoms with Gasteiger partial charge in [0.05, 0.1) is 5.41 Å². The molecule has 2 N–H and O–H groups in total. The highest BCUT2D eigenvalue weighted by atomic mass is 79.9. The van der Waals surface area contributed by atoms with Crippen molar-refractivity contribution in [1.82, 2.24) is 10.6 Å². The number of hydrogen-bond donors (Lipinski definition) is 2. The van der Waals surface area contributed by atoms with Crippen molar-refractivity contribution in [2.24, 2.45) is 5.41 Å². The van der Waals surface area contributed by atoms with Crippen LogP contribution in [0.4, 0.5) is 5.69 Å². The molecule has 21 heavy (non-hydrogen) atoms. The van der Waals surface area contributed by atoms with Gasteiger partial charge in [-0.15, -0.1) is 0 Å². The highest BCUT2D eigenvalue weighted by Gasteiger charge is 2.40. The fourth-order valence-electron chi connectivity index (χ4n) is 2.89. The van der Waals surface area contributed by atoms with Crippen LogP contribution in [-0.4, -0.2) is 32.6 Å². The Balaban J connectivity index is 2.22. The summed E-state index contributed by atoms with van der Waals surface area (Å²) in [5.74, 6) is 0.133. The zero-order valence-corrected chi connectivity index (χ0v) is 14.6. The SMILES string of the molecule is CCNCc1ccc(Br)cc1N1CCC(C)(C(=O)NC)C1. The number of nitrogens with zero attached hydrogens (tertiary/aromatic N) is 1. The number of halogens is 1. The summed E-state index contributed by atoms with van der Waals surface area (Å²) in [5.41, 5.74) is 2.20. The molecule has 0 aliphatic carbocycles. The van der Waals surface area contributed by atoms with Crippen LogP contribution in [0.2, 0.25) is 0 Å². The van der Waals surface area contributed by atoms with Crippen LogP contribution >= 0.6 is 15.9 Å². The van der Waals surface area contributed by atoms with Crippen molar-refractivity contribution in [1.29, 1.82) is 0 Å². The summed E-state index contributed by atoms with van der Waals surface area (Å²) in [6, 6.07) is 6.38. The molecule has 116 valence electrons. The van der Waals surface area contributed by atoms with Crippen molar-refractivity contribution in [2.45, 2.75) is 26.8 Å². The molecule has 1 saturated heterocycles. The van der Waals surface area contributed by atoms with E-state index in [-0.39, 0.29) is 11.3 Å². The van der Waals surface area contributed by atoms with E-state index in [1.54, 1.807) is 7.05 Å². The largest absolute Gasteiger partial charge is 0.370 e. The smallest absolute Gasteiger partial charge is 0.227 e. The molecule has 0 aromatic heterocycles. The van der Waals surface area contributed by atoms with E-state index in [1.807, 2.05) is 6.92 Å². The molecule has 4 nitrogen and oxygen atoms in total. The average molecular weight is 354 g/mol. The third-order valence-corrected chi connectivity index (χ3v) is 4.70. The molecule has 1 aromatic rings. The maximum Gasteiger partial charge on any atom is 0.227 e. The van der Waals surface area contributed by atoms with E-state index >= 15 is 0 Å². The van der Waals surface area contributed by atoms with Crippen molar-refractivity contribution in [3.63, 3.8) is 0 Å². The molecule has 1 amide bonds. The van der Waals surface area contributed by atoms with Crippen molar-refractivity contribution in [2.75, 3.05) is 31.6 Å². The average Bonchev–Trinajstić information content (AvgIpc) is 2.88. The van der Waals surface area contributed by atoms with Crippen molar-refractivity contribution < 1.29 is 4.79 Å². The van der Waals surface area contributed by atoms with Crippen LogP contribution in [0.15, 0.2) is 22.7 Å². The molecule has 0 saturated carbocycles. The predicted molar refractivity (Wildman–Crippen MR) is 90.5 cm³/mol. The lowest BCUT2D eigenvalue weighted by Gasteiger charge is -2.26. The summed E-state index contributed by atoms with van der Waals surface area (Å²) in [5, 5.41) is 6.17. The third kappa shape index (κ3) is 3.58. The zero-order valence-electron chi connectivity index (χ0n) is 13.0. The van der Waals surface area contributed by atoms with Crippen LogP contribution in [0.5, 0.6) is 0 Å². The summed E-state index contributed by atoms with van der Waals surface area (Å²) < 4.78 is 1.08. The minimum atomic E-state index is -0.299. The van der Waals surface area contributed by atoms with Crippen molar-refractivity contribution >= 4 is 27.5 Å². The summed E-state index contributed by atoms with van der Waals surface area (Å²) in [4.78, 5) is 14.4. The first kappa shape index (κ1) is 16.3. The highest BCUT2D eigenvalue weighted by Crippen LogP contribution is 2.36. The van der Waals surface area contributed by atoms with Gasteiger partial charge in [0.2, 0.25) is 5.91 Å². The van der Waals surface area contributed by atoms with E-state index in [1.165, 1.54) is 11.3 Å². The van der Waals surface area contributed by atoms with Gasteiger partial charge in [-0.2, -0.15) is 0 Å². The van der Waals surface area contributed by atoms with Gasteiger partial charge < -0.3 is 15.5 Å². The minimum Gasteiger partial charge on any atom is -0.370 e. The molecular weight excluding hydrogens is 330 g/mol. The lowest BCUT2D eigenvalue weighted by molar-refractivity contribution is -0.128. The van der Waals surface area contributed by atoms with Gasteiger partial charge in [0.25, 0.3) is 0 Å². The van der Waals surface area contributed by atoms with Crippen LogP contribution in [-0.2, 0) is 11.3 Å². The van der Waals surface area contributed by atoms with Gasteiger partial charge in [0, 0.05) is 36.8 Å². The summed E-state index contributed by atoms with van der Waals surface area (Å²) in [7, 11) is 1.71. The maximum absolute atomic E-state index is 12.1. The molecule has 1 aromatic carbocycles. The molecule has 2 rings (SSSR count). The normalized spacial score (nSPS) is 21.6. The second-order valence-electron chi connectivity index (χ2n) is 5.86. The van der Waals surface area contributed by atoms with E-state index in [4.69, 9.17) is 0 Å². The van der Waals surface area contributed by atoms with Crippen LogP contribution in [0.3, 0.4) is 0 Å². The lowest BCUT2D eigenvalue weighted by Crippen LogP contribution is -2.39. The quantitative estimate of drug-likeness (QED) is 0.854. The Kier molecular flexibility index (Phi) is 5.27. The summed E-state index contributed by atoms with van der Waals surface area (Å²) >= 11 is 3.56. The number of carbonyl (C=O) groups is 1. The second kappa shape index (κ2) is 6.79. The Labute approximate surface area is 135 Å². The molecule has 1 fully saturated rings. The number of rotatable bonds is 5. The first-order chi connectivity index (χ1) is 10.00. The van der Waals surface area contributed by atoms with Gasteiger partial charge in [-0.25, -0.2) is 0 Å². The molecule has 1 unspecified atom stereocenters. The molecule has 0 bridgehead atoms. The predicted octanol–water partition coefficient (Wildman–Crippen LogP) is 2.52. The monoisotopic (exact) mass is 353 g/mol. The Morgan fingerprint density at radius 1 is 1.48 bits per heavy atom. The molecule has 1 heterocycles. The van der Waals surface area contributed by atoms with Crippen LogP contribution < -0.4 is 15.5 Å². The van der Waals surface area contributed by atoms with E-state index in [2.05, 4.69) is 56.6 Å². The van der Waals surface area contributed by atoms with Gasteiger partial charge in [-0.3, -0.25) is 4.79 Å². The molecule has 1 aliphatic rings. The first-order valence-corrected chi connectivity index (χ1v) is 8.26. The van der Waals surface area contributed by atoms with Crippen LogP contribution in [0.1, 0.15) is 25.8 Å². The Morgan fingerprint density at radius 3 is 2.90 bits per heavy atom. The number of amides is 1. The molecular formula is C16H24BrN3O. The van der Waals surface area contributed by atoms with Gasteiger partial charge in [0.1, 0.15) is 0 Å². The summed E-state index contributed by atoms with van der Waals surface area (Å²) in [6.45, 7) is 7.64. The number of carbonyl (C=O) groups excluding carboxylic acids is 1. The summed E-state index contributed by atoms with van der Waals surface area (Å²) in [6.07, 6.45) is 0.889. The van der Waals surface area contributed by atoms with Crippen molar-refractivity contribution in [3.8, 4) is 0 Å².